The fraction of sp³-hybridized carbons (Fsp3) is 0. The highest BCUT2D eigenvalue weighted by atomic mass is 16.4. The van der Waals surface area contributed by atoms with Crippen molar-refractivity contribution in [2.45, 2.75) is 0 Å². The van der Waals surface area contributed by atoms with Crippen molar-refractivity contribution in [1.29, 1.82) is 0 Å². The molecule has 2 N–H and O–H groups in total. The Bertz CT molecular complexity index is 615. The van der Waals surface area contributed by atoms with E-state index < -0.39 is 0 Å². The molecular formula is C10H7N3O. The SMILES string of the molecule is Nc1nc2cnc3ccccc3c2o1. The van der Waals surface area contributed by atoms with Crippen molar-refractivity contribution in [2.24, 2.45) is 0 Å². The van der Waals surface area contributed by atoms with Crippen molar-refractivity contribution in [1.82, 2.24) is 9.97 Å². The van der Waals surface area contributed by atoms with Gasteiger partial charge in [0.25, 0.3) is 6.01 Å². The number of hydrogen-bond acceptors (Lipinski definition) is 4. The maximum absolute atomic E-state index is 5.48. The smallest absolute Gasteiger partial charge is 0.293 e. The predicted molar refractivity (Wildman–Crippen MR) is 53.7 cm³/mol. The summed E-state index contributed by atoms with van der Waals surface area (Å²) >= 11 is 0. The predicted octanol–water partition coefficient (Wildman–Crippen LogP) is 1.96. The van der Waals surface area contributed by atoms with Gasteiger partial charge in [0, 0.05) is 5.39 Å². The van der Waals surface area contributed by atoms with E-state index in [0.717, 1.165) is 10.9 Å². The van der Waals surface area contributed by atoms with Gasteiger partial charge in [0.15, 0.2) is 5.58 Å². The molecule has 0 saturated carbocycles. The van der Waals surface area contributed by atoms with E-state index in [-0.39, 0.29) is 6.01 Å². The Morgan fingerprint density at radius 3 is 2.93 bits per heavy atom. The average molecular weight is 185 g/mol. The normalized spacial score (nSPS) is 11.1. The highest BCUT2D eigenvalue weighted by Gasteiger charge is 2.06. The molecule has 0 atom stereocenters. The van der Waals surface area contributed by atoms with Crippen LogP contribution >= 0.6 is 0 Å². The highest BCUT2D eigenvalue weighted by molar-refractivity contribution is 6.00. The number of nitrogens with two attached hydrogens (primary N) is 1. The fourth-order valence-electron chi connectivity index (χ4n) is 1.54. The summed E-state index contributed by atoms with van der Waals surface area (Å²) in [5.41, 5.74) is 7.76. The molecule has 0 unspecified atom stereocenters. The number of aromatic nitrogens is 2. The van der Waals surface area contributed by atoms with Crippen LogP contribution in [0.15, 0.2) is 34.9 Å². The summed E-state index contributed by atoms with van der Waals surface area (Å²) in [6.07, 6.45) is 1.66. The number of nitrogen functional groups attached to an aromatic ring is 1. The second-order valence-corrected chi connectivity index (χ2v) is 3.04. The summed E-state index contributed by atoms with van der Waals surface area (Å²) in [4.78, 5) is 8.26. The molecule has 1 aromatic carbocycles. The minimum Gasteiger partial charge on any atom is -0.423 e. The zero-order chi connectivity index (χ0) is 9.54. The van der Waals surface area contributed by atoms with E-state index in [1.54, 1.807) is 6.20 Å². The fourth-order valence-corrected chi connectivity index (χ4v) is 1.54. The number of pyridine rings is 1. The molecule has 4 heteroatoms. The monoisotopic (exact) mass is 185 g/mol. The molecule has 0 radical (unpaired) electrons. The average Bonchev–Trinajstić information content (AvgIpc) is 2.59. The van der Waals surface area contributed by atoms with Crippen LogP contribution in [0, 0.1) is 0 Å². The number of anilines is 1. The van der Waals surface area contributed by atoms with Crippen molar-refractivity contribution in [3.05, 3.63) is 30.5 Å². The second kappa shape index (κ2) is 2.45. The van der Waals surface area contributed by atoms with Gasteiger partial charge < -0.3 is 10.2 Å². The Hall–Kier alpha value is -2.10. The lowest BCUT2D eigenvalue weighted by Gasteiger charge is -1.94. The molecule has 2 heterocycles. The van der Waals surface area contributed by atoms with Crippen LogP contribution in [-0.2, 0) is 0 Å². The molecule has 68 valence electrons. The summed E-state index contributed by atoms with van der Waals surface area (Å²) < 4.78 is 5.31. The molecule has 0 aliphatic carbocycles. The third-order valence-corrected chi connectivity index (χ3v) is 2.14. The van der Waals surface area contributed by atoms with Gasteiger partial charge in [0.1, 0.15) is 5.52 Å². The number of rotatable bonds is 0. The molecule has 0 bridgehead atoms. The molecule has 0 fully saturated rings. The van der Waals surface area contributed by atoms with Crippen LogP contribution in [0.3, 0.4) is 0 Å². The van der Waals surface area contributed by atoms with Gasteiger partial charge in [-0.2, -0.15) is 4.98 Å². The van der Waals surface area contributed by atoms with Crippen molar-refractivity contribution >= 4 is 28.0 Å². The van der Waals surface area contributed by atoms with Crippen LogP contribution in [0.4, 0.5) is 6.01 Å². The first kappa shape index (κ1) is 7.32. The van der Waals surface area contributed by atoms with E-state index in [0.29, 0.717) is 11.1 Å². The molecule has 0 saturated heterocycles. The van der Waals surface area contributed by atoms with E-state index in [4.69, 9.17) is 10.2 Å². The van der Waals surface area contributed by atoms with Crippen LogP contribution in [0.2, 0.25) is 0 Å². The lowest BCUT2D eigenvalue weighted by molar-refractivity contribution is 0.629. The van der Waals surface area contributed by atoms with E-state index in [9.17, 15) is 0 Å². The van der Waals surface area contributed by atoms with Crippen molar-refractivity contribution < 1.29 is 4.42 Å². The molecule has 0 aliphatic heterocycles. The van der Waals surface area contributed by atoms with Crippen LogP contribution in [0.25, 0.3) is 22.0 Å². The molecule has 3 rings (SSSR count). The molecule has 0 aliphatic rings. The number of nitrogens with zero attached hydrogens (tertiary/aromatic N) is 2. The first-order valence-corrected chi connectivity index (χ1v) is 4.24. The van der Waals surface area contributed by atoms with E-state index in [1.807, 2.05) is 24.3 Å². The molecule has 0 spiro atoms. The largest absolute Gasteiger partial charge is 0.423 e. The van der Waals surface area contributed by atoms with E-state index >= 15 is 0 Å². The summed E-state index contributed by atoms with van der Waals surface area (Å²) in [5, 5.41) is 0.939. The van der Waals surface area contributed by atoms with Crippen molar-refractivity contribution in [2.75, 3.05) is 5.73 Å². The Labute approximate surface area is 79.4 Å². The van der Waals surface area contributed by atoms with Gasteiger partial charge in [0.05, 0.1) is 11.7 Å². The first-order chi connectivity index (χ1) is 6.84. The number of para-hydroxylation sites is 1. The molecule has 4 nitrogen and oxygen atoms in total. The summed E-state index contributed by atoms with van der Waals surface area (Å²) in [6.45, 7) is 0. The van der Waals surface area contributed by atoms with Crippen molar-refractivity contribution in [3.63, 3.8) is 0 Å². The Morgan fingerprint density at radius 1 is 1.14 bits per heavy atom. The van der Waals surface area contributed by atoms with Gasteiger partial charge in [0.2, 0.25) is 0 Å². The lowest BCUT2D eigenvalue weighted by atomic mass is 10.2. The third kappa shape index (κ3) is 0.877. The Morgan fingerprint density at radius 2 is 2.00 bits per heavy atom. The Balaban J connectivity index is 2.60. The van der Waals surface area contributed by atoms with Crippen molar-refractivity contribution in [3.8, 4) is 0 Å². The molecule has 2 aromatic heterocycles. The van der Waals surface area contributed by atoms with E-state index in [1.165, 1.54) is 0 Å². The third-order valence-electron chi connectivity index (χ3n) is 2.14. The van der Waals surface area contributed by atoms with Gasteiger partial charge in [-0.05, 0) is 12.1 Å². The minimum atomic E-state index is 0.179. The number of fused-ring (bicyclic) bond motifs is 3. The number of oxazole rings is 1. The van der Waals surface area contributed by atoms with Gasteiger partial charge >= 0.3 is 0 Å². The zero-order valence-corrected chi connectivity index (χ0v) is 7.27. The summed E-state index contributed by atoms with van der Waals surface area (Å²) in [7, 11) is 0. The molecule has 0 amide bonds. The molecule has 3 aromatic rings. The van der Waals surface area contributed by atoms with Gasteiger partial charge in [-0.1, -0.05) is 12.1 Å². The number of hydrogen-bond donors (Lipinski definition) is 1. The molecular weight excluding hydrogens is 178 g/mol. The number of benzene rings is 1. The second-order valence-electron chi connectivity index (χ2n) is 3.04. The lowest BCUT2D eigenvalue weighted by Crippen LogP contribution is -1.80. The van der Waals surface area contributed by atoms with E-state index in [2.05, 4.69) is 9.97 Å². The summed E-state index contributed by atoms with van der Waals surface area (Å²) in [5.74, 6) is 0. The minimum absolute atomic E-state index is 0.179. The van der Waals surface area contributed by atoms with Gasteiger partial charge in [-0.3, -0.25) is 4.98 Å². The maximum atomic E-state index is 5.48. The quantitative estimate of drug-likeness (QED) is 0.581. The zero-order valence-electron chi connectivity index (χ0n) is 7.27. The van der Waals surface area contributed by atoms with Crippen LogP contribution in [-0.4, -0.2) is 9.97 Å². The van der Waals surface area contributed by atoms with Gasteiger partial charge in [-0.15, -0.1) is 0 Å². The topological polar surface area (TPSA) is 64.9 Å². The van der Waals surface area contributed by atoms with Crippen LogP contribution < -0.4 is 5.73 Å². The van der Waals surface area contributed by atoms with Crippen LogP contribution in [0.5, 0.6) is 0 Å². The first-order valence-electron chi connectivity index (χ1n) is 4.24. The maximum Gasteiger partial charge on any atom is 0.293 e. The van der Waals surface area contributed by atoms with Gasteiger partial charge in [-0.25, -0.2) is 0 Å². The standard InChI is InChI=1S/C10H7N3O/c11-10-13-8-5-12-7-4-2-1-3-6(7)9(8)14-10/h1-5H,(H2,11,13). The summed E-state index contributed by atoms with van der Waals surface area (Å²) in [6, 6.07) is 7.91. The molecule has 14 heavy (non-hydrogen) atoms. The Kier molecular flexibility index (Phi) is 1.28. The highest BCUT2D eigenvalue weighted by Crippen LogP contribution is 2.24. The van der Waals surface area contributed by atoms with Crippen LogP contribution in [0.1, 0.15) is 0 Å².